The second-order valence-corrected chi connectivity index (χ2v) is 9.35. The molecule has 0 aromatic carbocycles. The fraction of sp³-hybridized carbons (Fsp3) is 0.652. The van der Waals surface area contributed by atoms with Gasteiger partial charge in [0, 0.05) is 42.4 Å². The molecule has 0 aliphatic carbocycles. The lowest BCUT2D eigenvalue weighted by molar-refractivity contribution is -0.134. The normalized spacial score (nSPS) is 17.4. The van der Waals surface area contributed by atoms with E-state index < -0.39 is 0 Å². The zero-order valence-corrected chi connectivity index (χ0v) is 19.2. The highest BCUT2D eigenvalue weighted by atomic mass is 16.2. The van der Waals surface area contributed by atoms with Crippen molar-refractivity contribution in [1.29, 1.82) is 0 Å². The molecule has 1 unspecified atom stereocenters. The average Bonchev–Trinajstić information content (AvgIpc) is 3.09. The lowest BCUT2D eigenvalue weighted by Gasteiger charge is -2.34. The van der Waals surface area contributed by atoms with Crippen molar-refractivity contribution < 1.29 is 9.59 Å². The van der Waals surface area contributed by atoms with Crippen molar-refractivity contribution >= 4 is 17.5 Å². The third kappa shape index (κ3) is 4.82. The van der Waals surface area contributed by atoms with E-state index in [0.29, 0.717) is 19.3 Å². The van der Waals surface area contributed by atoms with Crippen LogP contribution in [0.4, 0.5) is 0 Å². The molecule has 30 heavy (non-hydrogen) atoms. The van der Waals surface area contributed by atoms with E-state index in [0.717, 1.165) is 54.1 Å². The van der Waals surface area contributed by atoms with Crippen LogP contribution in [0.25, 0.3) is 5.65 Å². The van der Waals surface area contributed by atoms with Gasteiger partial charge >= 0.3 is 0 Å². The molecule has 7 heteroatoms. The summed E-state index contributed by atoms with van der Waals surface area (Å²) in [7, 11) is 0. The third-order valence-corrected chi connectivity index (χ3v) is 5.77. The topological polar surface area (TPSA) is 79.6 Å². The van der Waals surface area contributed by atoms with Crippen LogP contribution in [0.3, 0.4) is 0 Å². The van der Waals surface area contributed by atoms with E-state index in [1.807, 2.05) is 57.0 Å². The van der Waals surface area contributed by atoms with Gasteiger partial charge in [0.2, 0.25) is 11.8 Å². The first-order chi connectivity index (χ1) is 14.1. The van der Waals surface area contributed by atoms with Crippen molar-refractivity contribution in [2.24, 2.45) is 0 Å². The minimum Gasteiger partial charge on any atom is -0.351 e. The molecule has 0 spiro atoms. The van der Waals surface area contributed by atoms with Gasteiger partial charge in [-0.05, 0) is 65.9 Å². The Bertz CT molecular complexity index is 941. The number of hydrogen-bond acceptors (Lipinski definition) is 4. The number of likely N-dealkylation sites (tertiary alicyclic amines) is 1. The van der Waals surface area contributed by atoms with Crippen LogP contribution in [0.15, 0.2) is 6.07 Å². The van der Waals surface area contributed by atoms with Crippen LogP contribution in [0.1, 0.15) is 88.5 Å². The summed E-state index contributed by atoms with van der Waals surface area (Å²) in [5, 5.41) is 7.87. The van der Waals surface area contributed by atoms with Crippen LogP contribution >= 0.6 is 0 Å². The fourth-order valence-corrected chi connectivity index (χ4v) is 4.33. The number of carbonyl (C=O) groups is 2. The summed E-state index contributed by atoms with van der Waals surface area (Å²) in [6.07, 6.45) is 4.65. The molecule has 0 bridgehead atoms. The number of fused-ring (bicyclic) bond motifs is 1. The standard InChI is InChI=1S/C23H35N5O2/c1-7-22(30)27-13-9-8-10-19(27)18-14-20-24-15(2)17(16(3)28(20)26-18)11-12-21(29)25-23(4,5)6/h14,19H,7-13H2,1-6H3,(H,25,29). The minimum atomic E-state index is -0.234. The zero-order valence-electron chi connectivity index (χ0n) is 19.2. The minimum absolute atomic E-state index is 0.0219. The maximum atomic E-state index is 12.4. The summed E-state index contributed by atoms with van der Waals surface area (Å²) in [6.45, 7) is 12.7. The molecule has 1 N–H and O–H groups in total. The van der Waals surface area contributed by atoms with Crippen LogP contribution < -0.4 is 5.32 Å². The van der Waals surface area contributed by atoms with Crippen molar-refractivity contribution in [2.75, 3.05) is 6.54 Å². The predicted octanol–water partition coefficient (Wildman–Crippen LogP) is 3.66. The maximum absolute atomic E-state index is 12.4. The Morgan fingerprint density at radius 3 is 2.63 bits per heavy atom. The van der Waals surface area contributed by atoms with Crippen molar-refractivity contribution in [1.82, 2.24) is 24.8 Å². The van der Waals surface area contributed by atoms with E-state index in [4.69, 9.17) is 10.1 Å². The molecule has 3 heterocycles. The number of hydrogen-bond donors (Lipinski definition) is 1. The van der Waals surface area contributed by atoms with Crippen LogP contribution in [-0.2, 0) is 16.0 Å². The van der Waals surface area contributed by atoms with Crippen molar-refractivity contribution in [3.05, 3.63) is 28.7 Å². The van der Waals surface area contributed by atoms with Gasteiger partial charge in [-0.2, -0.15) is 5.10 Å². The van der Waals surface area contributed by atoms with Crippen LogP contribution in [0.5, 0.6) is 0 Å². The maximum Gasteiger partial charge on any atom is 0.222 e. The van der Waals surface area contributed by atoms with Gasteiger partial charge in [0.25, 0.3) is 0 Å². The first-order valence-electron chi connectivity index (χ1n) is 11.1. The highest BCUT2D eigenvalue weighted by molar-refractivity contribution is 5.77. The number of amides is 2. The van der Waals surface area contributed by atoms with Crippen molar-refractivity contribution in [3.63, 3.8) is 0 Å². The Balaban J connectivity index is 1.87. The molecule has 1 aliphatic heterocycles. The van der Waals surface area contributed by atoms with Crippen LogP contribution in [0, 0.1) is 13.8 Å². The van der Waals surface area contributed by atoms with Crippen molar-refractivity contribution in [2.45, 2.75) is 91.6 Å². The summed E-state index contributed by atoms with van der Waals surface area (Å²) in [6, 6.07) is 2.04. The van der Waals surface area contributed by atoms with E-state index in [9.17, 15) is 9.59 Å². The van der Waals surface area contributed by atoms with Gasteiger partial charge < -0.3 is 10.2 Å². The summed E-state index contributed by atoms with van der Waals surface area (Å²) in [4.78, 5) is 31.4. The lowest BCUT2D eigenvalue weighted by Crippen LogP contribution is -2.40. The summed E-state index contributed by atoms with van der Waals surface area (Å²) in [5.74, 6) is 0.224. The van der Waals surface area contributed by atoms with Gasteiger partial charge in [0.05, 0.1) is 11.7 Å². The Morgan fingerprint density at radius 1 is 1.23 bits per heavy atom. The fourth-order valence-electron chi connectivity index (χ4n) is 4.33. The van der Waals surface area contributed by atoms with Gasteiger partial charge in [0.1, 0.15) is 0 Å². The number of piperidine rings is 1. The first kappa shape index (κ1) is 22.2. The molecule has 2 aromatic heterocycles. The zero-order chi connectivity index (χ0) is 22.1. The van der Waals surface area contributed by atoms with Gasteiger partial charge in [0.15, 0.2) is 5.65 Å². The first-order valence-corrected chi connectivity index (χ1v) is 11.1. The highest BCUT2D eigenvalue weighted by Gasteiger charge is 2.29. The molecule has 7 nitrogen and oxygen atoms in total. The van der Waals surface area contributed by atoms with Crippen LogP contribution in [0.2, 0.25) is 0 Å². The van der Waals surface area contributed by atoms with E-state index in [1.54, 1.807) is 0 Å². The highest BCUT2D eigenvalue weighted by Crippen LogP contribution is 2.31. The SMILES string of the molecule is CCC(=O)N1CCCCC1c1cc2nc(C)c(CCC(=O)NC(C)(C)C)c(C)n2n1. The quantitative estimate of drug-likeness (QED) is 0.811. The van der Waals surface area contributed by atoms with Gasteiger partial charge in [-0.1, -0.05) is 6.92 Å². The Morgan fingerprint density at radius 2 is 1.97 bits per heavy atom. The average molecular weight is 414 g/mol. The Labute approximate surface area is 179 Å². The molecule has 1 fully saturated rings. The molecule has 0 radical (unpaired) electrons. The number of nitrogens with one attached hydrogen (secondary N) is 1. The number of aryl methyl sites for hydroxylation is 2. The molecule has 2 aromatic rings. The number of nitrogens with zero attached hydrogens (tertiary/aromatic N) is 4. The van der Waals surface area contributed by atoms with Gasteiger partial charge in [-0.15, -0.1) is 0 Å². The van der Waals surface area contributed by atoms with E-state index in [-0.39, 0.29) is 23.4 Å². The summed E-state index contributed by atoms with van der Waals surface area (Å²) < 4.78 is 1.88. The summed E-state index contributed by atoms with van der Waals surface area (Å²) in [5.41, 5.74) is 4.48. The molecule has 0 saturated carbocycles. The second-order valence-electron chi connectivity index (χ2n) is 9.35. The smallest absolute Gasteiger partial charge is 0.222 e. The monoisotopic (exact) mass is 413 g/mol. The molecule has 1 saturated heterocycles. The lowest BCUT2D eigenvalue weighted by atomic mass is 9.99. The van der Waals surface area contributed by atoms with Crippen molar-refractivity contribution in [3.8, 4) is 0 Å². The third-order valence-electron chi connectivity index (χ3n) is 5.77. The molecule has 1 atom stereocenters. The molecule has 1 aliphatic rings. The Kier molecular flexibility index (Phi) is 6.48. The number of aromatic nitrogens is 3. The van der Waals surface area contributed by atoms with E-state index >= 15 is 0 Å². The van der Waals surface area contributed by atoms with E-state index in [2.05, 4.69) is 5.32 Å². The predicted molar refractivity (Wildman–Crippen MR) is 117 cm³/mol. The molecular formula is C23H35N5O2. The summed E-state index contributed by atoms with van der Waals surface area (Å²) >= 11 is 0. The number of rotatable bonds is 5. The second kappa shape index (κ2) is 8.74. The van der Waals surface area contributed by atoms with E-state index in [1.165, 1.54) is 0 Å². The molecule has 2 amide bonds. The molecular weight excluding hydrogens is 378 g/mol. The number of carbonyl (C=O) groups excluding carboxylic acids is 2. The Hall–Kier alpha value is -2.44. The molecule has 3 rings (SSSR count). The van der Waals surface area contributed by atoms with Gasteiger partial charge in [-0.3, -0.25) is 9.59 Å². The molecule has 164 valence electrons. The largest absolute Gasteiger partial charge is 0.351 e. The van der Waals surface area contributed by atoms with Crippen LogP contribution in [-0.4, -0.2) is 43.4 Å². The van der Waals surface area contributed by atoms with Gasteiger partial charge in [-0.25, -0.2) is 9.50 Å².